The summed E-state index contributed by atoms with van der Waals surface area (Å²) >= 11 is 6.11. The van der Waals surface area contributed by atoms with Crippen molar-refractivity contribution in [1.82, 2.24) is 10.2 Å². The lowest BCUT2D eigenvalue weighted by atomic mass is 10.1. The minimum absolute atomic E-state index is 0.0902. The number of benzene rings is 3. The van der Waals surface area contributed by atoms with Crippen molar-refractivity contribution in [2.24, 2.45) is 0 Å². The maximum Gasteiger partial charge on any atom is 0.264 e. The number of amides is 2. The van der Waals surface area contributed by atoms with Gasteiger partial charge in [-0.25, -0.2) is 8.42 Å². The van der Waals surface area contributed by atoms with Crippen LogP contribution in [0.3, 0.4) is 0 Å². The molecule has 0 bridgehead atoms. The van der Waals surface area contributed by atoms with Crippen LogP contribution in [0.4, 0.5) is 5.69 Å². The van der Waals surface area contributed by atoms with Crippen LogP contribution >= 0.6 is 11.6 Å². The van der Waals surface area contributed by atoms with Gasteiger partial charge in [-0.15, -0.1) is 0 Å². The zero-order valence-electron chi connectivity index (χ0n) is 24.8. The second-order valence-electron chi connectivity index (χ2n) is 11.1. The largest absolute Gasteiger partial charge is 0.352 e. The summed E-state index contributed by atoms with van der Waals surface area (Å²) in [5, 5.41) is 3.70. The number of hydrogen-bond donors (Lipinski definition) is 1. The van der Waals surface area contributed by atoms with Gasteiger partial charge < -0.3 is 10.2 Å². The van der Waals surface area contributed by atoms with Crippen LogP contribution in [-0.2, 0) is 26.2 Å². The molecule has 42 heavy (non-hydrogen) atoms. The molecule has 0 aromatic heterocycles. The number of anilines is 1. The number of rotatable bonds is 11. The fourth-order valence-corrected chi connectivity index (χ4v) is 7.03. The first-order chi connectivity index (χ1) is 20.0. The Balaban J connectivity index is 1.74. The summed E-state index contributed by atoms with van der Waals surface area (Å²) in [5.74, 6) is -0.679. The predicted molar refractivity (Wildman–Crippen MR) is 168 cm³/mol. The minimum Gasteiger partial charge on any atom is -0.352 e. The van der Waals surface area contributed by atoms with Crippen LogP contribution in [-0.4, -0.2) is 43.8 Å². The number of sulfonamides is 1. The molecule has 1 atom stereocenters. The van der Waals surface area contributed by atoms with Gasteiger partial charge in [-0.3, -0.25) is 13.9 Å². The van der Waals surface area contributed by atoms with E-state index in [1.165, 1.54) is 9.21 Å². The van der Waals surface area contributed by atoms with Crippen LogP contribution in [0.2, 0.25) is 5.02 Å². The smallest absolute Gasteiger partial charge is 0.264 e. The number of aryl methyl sites for hydroxylation is 2. The van der Waals surface area contributed by atoms with Crippen molar-refractivity contribution in [2.45, 2.75) is 83.3 Å². The molecule has 1 fully saturated rings. The molecule has 0 radical (unpaired) electrons. The van der Waals surface area contributed by atoms with E-state index in [1.54, 1.807) is 48.5 Å². The van der Waals surface area contributed by atoms with Crippen molar-refractivity contribution in [2.75, 3.05) is 10.8 Å². The van der Waals surface area contributed by atoms with Gasteiger partial charge in [0.1, 0.15) is 12.6 Å². The van der Waals surface area contributed by atoms with Gasteiger partial charge >= 0.3 is 0 Å². The molecule has 3 aromatic rings. The maximum absolute atomic E-state index is 14.3. The van der Waals surface area contributed by atoms with Gasteiger partial charge in [-0.2, -0.15) is 0 Å². The molecule has 4 rings (SSSR count). The predicted octanol–water partition coefficient (Wildman–Crippen LogP) is 6.33. The standard InChI is InChI=1S/C33H40ClN3O4S/c1-5-30(33(39)35-28-10-6-7-11-28)36(21-26-15-17-27(34)18-16-26)32(38)22-37(31-12-8-9-24(3)25(31)4)42(40,41)29-19-13-23(2)14-20-29/h8-9,12-20,28,30H,5-7,10-11,21-22H2,1-4H3,(H,35,39). The summed E-state index contributed by atoms with van der Waals surface area (Å²) < 4.78 is 29.4. The number of hydrogen-bond acceptors (Lipinski definition) is 4. The van der Waals surface area contributed by atoms with Crippen molar-refractivity contribution in [1.29, 1.82) is 0 Å². The first-order valence-corrected chi connectivity index (χ1v) is 16.3. The zero-order chi connectivity index (χ0) is 30.4. The monoisotopic (exact) mass is 609 g/mol. The molecular weight excluding hydrogens is 570 g/mol. The highest BCUT2D eigenvalue weighted by Gasteiger charge is 2.35. The van der Waals surface area contributed by atoms with Crippen LogP contribution in [0, 0.1) is 20.8 Å². The summed E-state index contributed by atoms with van der Waals surface area (Å²) in [7, 11) is -4.12. The molecule has 1 saturated carbocycles. The second kappa shape index (κ2) is 13.7. The zero-order valence-corrected chi connectivity index (χ0v) is 26.3. The highest BCUT2D eigenvalue weighted by molar-refractivity contribution is 7.92. The van der Waals surface area contributed by atoms with Crippen LogP contribution in [0.5, 0.6) is 0 Å². The van der Waals surface area contributed by atoms with E-state index in [9.17, 15) is 18.0 Å². The Morgan fingerprint density at radius 3 is 2.21 bits per heavy atom. The second-order valence-corrected chi connectivity index (χ2v) is 13.4. The first kappa shape index (κ1) is 31.6. The molecule has 7 nitrogen and oxygen atoms in total. The third-order valence-corrected chi connectivity index (χ3v) is 10.1. The van der Waals surface area contributed by atoms with E-state index in [2.05, 4.69) is 5.32 Å². The fourth-order valence-electron chi connectivity index (χ4n) is 5.43. The van der Waals surface area contributed by atoms with Gasteiger partial charge in [0.15, 0.2) is 0 Å². The highest BCUT2D eigenvalue weighted by atomic mass is 35.5. The summed E-state index contributed by atoms with van der Waals surface area (Å²) in [5.41, 5.74) is 3.82. The van der Waals surface area contributed by atoms with Crippen molar-refractivity contribution in [3.05, 3.63) is 94.0 Å². The Labute approximate surface area is 254 Å². The lowest BCUT2D eigenvalue weighted by molar-refractivity contribution is -0.140. The average Bonchev–Trinajstić information content (AvgIpc) is 3.47. The molecule has 9 heteroatoms. The van der Waals surface area contributed by atoms with Gasteiger partial charge in [-0.05, 0) is 87.1 Å². The topological polar surface area (TPSA) is 86.8 Å². The number of carbonyl (C=O) groups excluding carboxylic acids is 2. The third kappa shape index (κ3) is 7.34. The first-order valence-electron chi connectivity index (χ1n) is 14.5. The number of halogens is 1. The number of nitrogens with zero attached hydrogens (tertiary/aromatic N) is 2. The van der Waals surface area contributed by atoms with E-state index in [4.69, 9.17) is 11.6 Å². The average molecular weight is 610 g/mol. The van der Waals surface area contributed by atoms with Gasteiger partial charge in [0.25, 0.3) is 10.0 Å². The fraction of sp³-hybridized carbons (Fsp3) is 0.394. The van der Waals surface area contributed by atoms with E-state index < -0.39 is 28.5 Å². The lowest BCUT2D eigenvalue weighted by Crippen LogP contribution is -2.53. The molecule has 1 N–H and O–H groups in total. The van der Waals surface area contributed by atoms with E-state index in [0.29, 0.717) is 17.1 Å². The Hall–Kier alpha value is -3.36. The quantitative estimate of drug-likeness (QED) is 0.275. The van der Waals surface area contributed by atoms with Crippen molar-refractivity contribution in [3.8, 4) is 0 Å². The molecule has 0 aliphatic heterocycles. The molecule has 1 aliphatic rings. The Morgan fingerprint density at radius 1 is 0.952 bits per heavy atom. The van der Waals surface area contributed by atoms with E-state index >= 15 is 0 Å². The summed E-state index contributed by atoms with van der Waals surface area (Å²) in [6.07, 6.45) is 4.35. The van der Waals surface area contributed by atoms with Crippen molar-refractivity contribution >= 4 is 39.1 Å². The van der Waals surface area contributed by atoms with Crippen LogP contribution in [0.25, 0.3) is 0 Å². The van der Waals surface area contributed by atoms with Gasteiger partial charge in [0, 0.05) is 17.6 Å². The van der Waals surface area contributed by atoms with E-state index in [1.807, 2.05) is 45.9 Å². The molecule has 224 valence electrons. The maximum atomic E-state index is 14.3. The van der Waals surface area contributed by atoms with Crippen LogP contribution in [0.1, 0.15) is 61.3 Å². The molecule has 0 saturated heterocycles. The normalized spacial score (nSPS) is 14.4. The molecule has 0 heterocycles. The number of carbonyl (C=O) groups is 2. The van der Waals surface area contributed by atoms with Crippen LogP contribution < -0.4 is 9.62 Å². The Bertz CT molecular complexity index is 1500. The SMILES string of the molecule is CCC(C(=O)NC1CCCC1)N(Cc1ccc(Cl)cc1)C(=O)CN(c1cccc(C)c1C)S(=O)(=O)c1ccc(C)cc1. The lowest BCUT2D eigenvalue weighted by Gasteiger charge is -2.34. The molecule has 3 aromatic carbocycles. The third-order valence-electron chi connectivity index (χ3n) is 8.09. The molecule has 1 unspecified atom stereocenters. The molecule has 2 amide bonds. The molecule has 1 aliphatic carbocycles. The van der Waals surface area contributed by atoms with E-state index in [0.717, 1.165) is 47.9 Å². The van der Waals surface area contributed by atoms with Gasteiger partial charge in [-0.1, -0.05) is 73.3 Å². The van der Waals surface area contributed by atoms with Gasteiger partial charge in [0.2, 0.25) is 11.8 Å². The Kier molecular flexibility index (Phi) is 10.3. The summed E-state index contributed by atoms with van der Waals surface area (Å²) in [4.78, 5) is 29.5. The van der Waals surface area contributed by atoms with Gasteiger partial charge in [0.05, 0.1) is 10.6 Å². The van der Waals surface area contributed by atoms with E-state index in [-0.39, 0.29) is 23.4 Å². The number of nitrogens with one attached hydrogen (secondary N) is 1. The summed E-state index contributed by atoms with van der Waals surface area (Å²) in [6, 6.07) is 18.4. The highest BCUT2D eigenvalue weighted by Crippen LogP contribution is 2.29. The Morgan fingerprint density at radius 2 is 1.60 bits per heavy atom. The summed E-state index contributed by atoms with van der Waals surface area (Å²) in [6.45, 7) is 7.19. The van der Waals surface area contributed by atoms with Crippen LogP contribution in [0.15, 0.2) is 71.6 Å². The van der Waals surface area contributed by atoms with Crippen molar-refractivity contribution < 1.29 is 18.0 Å². The van der Waals surface area contributed by atoms with Crippen molar-refractivity contribution in [3.63, 3.8) is 0 Å². The molecule has 0 spiro atoms. The molecular formula is C33H40ClN3O4S. The minimum atomic E-state index is -4.12.